The van der Waals surface area contributed by atoms with E-state index < -0.39 is 5.91 Å². The van der Waals surface area contributed by atoms with Gasteiger partial charge in [0, 0.05) is 25.4 Å². The average molecular weight is 246 g/mol. The molecule has 2 aromatic heterocycles. The number of carbonyl (C=O) groups is 1. The maximum absolute atomic E-state index is 10.8. The number of nitrogens with one attached hydrogen (secondary N) is 2. The van der Waals surface area contributed by atoms with Crippen molar-refractivity contribution in [2.45, 2.75) is 12.8 Å². The predicted molar refractivity (Wildman–Crippen MR) is 65.9 cm³/mol. The maximum atomic E-state index is 10.8. The molecule has 0 radical (unpaired) electrons. The van der Waals surface area contributed by atoms with Gasteiger partial charge >= 0.3 is 0 Å². The largest absolute Gasteiger partial charge is 0.369 e. The molecular weight excluding hydrogens is 232 g/mol. The highest BCUT2D eigenvalue weighted by Gasteiger charge is 2.02. The van der Waals surface area contributed by atoms with Gasteiger partial charge in [-0.1, -0.05) is 0 Å². The number of H-pyrrole nitrogens is 1. The molecule has 0 aliphatic heterocycles. The molecule has 0 fully saturated rings. The summed E-state index contributed by atoms with van der Waals surface area (Å²) in [6.07, 6.45) is 5.33. The molecule has 7 heteroatoms. The molecule has 0 aromatic carbocycles. The number of primary amides is 1. The number of nitrogens with zero attached hydrogens (tertiary/aromatic N) is 3. The highest BCUT2D eigenvalue weighted by atomic mass is 16.1. The van der Waals surface area contributed by atoms with Gasteiger partial charge in [-0.2, -0.15) is 0 Å². The molecule has 0 saturated heterocycles. The highest BCUT2D eigenvalue weighted by molar-refractivity contribution is 5.90. The van der Waals surface area contributed by atoms with E-state index in [-0.39, 0.29) is 5.69 Å². The van der Waals surface area contributed by atoms with Gasteiger partial charge in [-0.15, -0.1) is 10.2 Å². The average Bonchev–Trinajstić information content (AvgIpc) is 2.88. The lowest BCUT2D eigenvalue weighted by molar-refractivity contribution is 0.0994. The van der Waals surface area contributed by atoms with E-state index in [0.29, 0.717) is 5.82 Å². The van der Waals surface area contributed by atoms with Gasteiger partial charge in [-0.25, -0.2) is 4.98 Å². The summed E-state index contributed by atoms with van der Waals surface area (Å²) in [4.78, 5) is 18.0. The molecule has 94 valence electrons. The second-order valence-electron chi connectivity index (χ2n) is 3.73. The second kappa shape index (κ2) is 5.76. The van der Waals surface area contributed by atoms with Gasteiger partial charge < -0.3 is 16.0 Å². The van der Waals surface area contributed by atoms with Gasteiger partial charge in [0.15, 0.2) is 5.69 Å². The minimum Gasteiger partial charge on any atom is -0.369 e. The third-order valence-corrected chi connectivity index (χ3v) is 2.37. The lowest BCUT2D eigenvalue weighted by atomic mass is 10.3. The molecule has 4 N–H and O–H groups in total. The number of nitrogens with two attached hydrogens (primary N) is 1. The normalized spacial score (nSPS) is 10.2. The molecule has 2 rings (SSSR count). The van der Waals surface area contributed by atoms with Crippen LogP contribution in [-0.4, -0.2) is 32.6 Å². The number of hydrogen-bond acceptors (Lipinski definition) is 5. The van der Waals surface area contributed by atoms with Gasteiger partial charge in [0.05, 0.1) is 0 Å². The van der Waals surface area contributed by atoms with Crippen LogP contribution < -0.4 is 11.1 Å². The van der Waals surface area contributed by atoms with E-state index in [9.17, 15) is 4.79 Å². The molecule has 18 heavy (non-hydrogen) atoms. The molecule has 0 atom stereocenters. The van der Waals surface area contributed by atoms with E-state index >= 15 is 0 Å². The molecule has 0 unspecified atom stereocenters. The zero-order valence-corrected chi connectivity index (χ0v) is 9.76. The molecule has 2 aromatic rings. The predicted octanol–water partition coefficient (Wildman–Crippen LogP) is 0.343. The Bertz CT molecular complexity index is 493. The fourth-order valence-electron chi connectivity index (χ4n) is 1.46. The second-order valence-corrected chi connectivity index (χ2v) is 3.73. The number of imidazole rings is 1. The third kappa shape index (κ3) is 3.27. The molecule has 0 saturated carbocycles. The van der Waals surface area contributed by atoms with Crippen molar-refractivity contribution in [3.05, 3.63) is 36.0 Å². The van der Waals surface area contributed by atoms with Crippen molar-refractivity contribution in [1.29, 1.82) is 0 Å². The Morgan fingerprint density at radius 1 is 1.39 bits per heavy atom. The summed E-state index contributed by atoms with van der Waals surface area (Å²) in [5.74, 6) is 1.01. The summed E-state index contributed by atoms with van der Waals surface area (Å²) in [6.45, 7) is 0.755. The fraction of sp³-hybridized carbons (Fsp3) is 0.273. The Morgan fingerprint density at radius 2 is 2.28 bits per heavy atom. The van der Waals surface area contributed by atoms with Crippen molar-refractivity contribution in [3.8, 4) is 0 Å². The van der Waals surface area contributed by atoms with Gasteiger partial charge in [0.25, 0.3) is 5.91 Å². The smallest absolute Gasteiger partial charge is 0.269 e. The lowest BCUT2D eigenvalue weighted by Gasteiger charge is -2.03. The van der Waals surface area contributed by atoms with Gasteiger partial charge in [0.2, 0.25) is 0 Å². The number of amides is 1. The number of aryl methyl sites for hydroxylation is 1. The van der Waals surface area contributed by atoms with Crippen LogP contribution in [0.2, 0.25) is 0 Å². The van der Waals surface area contributed by atoms with Gasteiger partial charge in [0.1, 0.15) is 11.6 Å². The molecule has 1 amide bonds. The Labute approximate surface area is 104 Å². The zero-order valence-electron chi connectivity index (χ0n) is 9.76. The summed E-state index contributed by atoms with van der Waals surface area (Å²) >= 11 is 0. The quantitative estimate of drug-likeness (QED) is 0.637. The van der Waals surface area contributed by atoms with Crippen LogP contribution in [0.3, 0.4) is 0 Å². The standard InChI is InChI=1S/C11H14N6O/c12-11(18)8-3-4-10(17-16-8)13-5-1-2-9-14-6-7-15-9/h3-4,6-7H,1-2,5H2,(H2,12,18)(H,13,17)(H,14,15). The van der Waals surface area contributed by atoms with Crippen LogP contribution in [0.1, 0.15) is 22.7 Å². The first kappa shape index (κ1) is 12.0. The van der Waals surface area contributed by atoms with Gasteiger partial charge in [-0.05, 0) is 18.6 Å². The van der Waals surface area contributed by atoms with Crippen molar-refractivity contribution >= 4 is 11.7 Å². The van der Waals surface area contributed by atoms with E-state index in [1.807, 2.05) is 0 Å². The molecule has 0 aliphatic rings. The van der Waals surface area contributed by atoms with Crippen LogP contribution in [0, 0.1) is 0 Å². The Morgan fingerprint density at radius 3 is 2.89 bits per heavy atom. The molecule has 2 heterocycles. The van der Waals surface area contributed by atoms with Crippen LogP contribution in [0.25, 0.3) is 0 Å². The van der Waals surface area contributed by atoms with E-state index in [1.165, 1.54) is 0 Å². The van der Waals surface area contributed by atoms with Crippen LogP contribution in [-0.2, 0) is 6.42 Å². The first-order valence-electron chi connectivity index (χ1n) is 5.61. The summed E-state index contributed by atoms with van der Waals surface area (Å²) < 4.78 is 0. The maximum Gasteiger partial charge on any atom is 0.269 e. The van der Waals surface area contributed by atoms with Crippen LogP contribution >= 0.6 is 0 Å². The Kier molecular flexibility index (Phi) is 3.85. The SMILES string of the molecule is NC(=O)c1ccc(NCCCc2ncc[nH]2)nn1. The van der Waals surface area contributed by atoms with Crippen LogP contribution in [0.4, 0.5) is 5.82 Å². The van der Waals surface area contributed by atoms with Crippen molar-refractivity contribution in [2.75, 3.05) is 11.9 Å². The van der Waals surface area contributed by atoms with Crippen LogP contribution in [0.15, 0.2) is 24.5 Å². The molecule has 7 nitrogen and oxygen atoms in total. The van der Waals surface area contributed by atoms with Crippen LogP contribution in [0.5, 0.6) is 0 Å². The summed E-state index contributed by atoms with van der Waals surface area (Å²) in [6, 6.07) is 3.23. The molecule has 0 bridgehead atoms. The van der Waals surface area contributed by atoms with E-state index in [4.69, 9.17) is 5.73 Å². The van der Waals surface area contributed by atoms with E-state index in [2.05, 4.69) is 25.5 Å². The number of aromatic amines is 1. The third-order valence-electron chi connectivity index (χ3n) is 2.37. The Hall–Kier alpha value is -2.44. The lowest BCUT2D eigenvalue weighted by Crippen LogP contribution is -2.14. The minimum atomic E-state index is -0.577. The fourth-order valence-corrected chi connectivity index (χ4v) is 1.46. The number of anilines is 1. The van der Waals surface area contributed by atoms with Crippen molar-refractivity contribution in [3.63, 3.8) is 0 Å². The molecule has 0 aliphatic carbocycles. The highest BCUT2D eigenvalue weighted by Crippen LogP contribution is 2.02. The molecular formula is C11H14N6O. The Balaban J connectivity index is 1.75. The first-order chi connectivity index (χ1) is 8.75. The minimum absolute atomic E-state index is 0.163. The summed E-state index contributed by atoms with van der Waals surface area (Å²) in [5, 5.41) is 10.7. The van der Waals surface area contributed by atoms with Crippen molar-refractivity contribution in [2.24, 2.45) is 5.73 Å². The van der Waals surface area contributed by atoms with Crippen molar-refractivity contribution < 1.29 is 4.79 Å². The molecule has 0 spiro atoms. The number of hydrogen-bond donors (Lipinski definition) is 3. The number of carbonyl (C=O) groups excluding carboxylic acids is 1. The topological polar surface area (TPSA) is 110 Å². The van der Waals surface area contributed by atoms with E-state index in [1.54, 1.807) is 24.5 Å². The summed E-state index contributed by atoms with van der Waals surface area (Å²) in [7, 11) is 0. The monoisotopic (exact) mass is 246 g/mol. The first-order valence-corrected chi connectivity index (χ1v) is 5.61. The van der Waals surface area contributed by atoms with Gasteiger partial charge in [-0.3, -0.25) is 4.79 Å². The van der Waals surface area contributed by atoms with Crippen molar-refractivity contribution in [1.82, 2.24) is 20.2 Å². The number of aromatic nitrogens is 4. The summed E-state index contributed by atoms with van der Waals surface area (Å²) in [5.41, 5.74) is 5.23. The number of rotatable bonds is 6. The zero-order chi connectivity index (χ0) is 12.8. The van der Waals surface area contributed by atoms with E-state index in [0.717, 1.165) is 25.2 Å².